The van der Waals surface area contributed by atoms with Crippen molar-refractivity contribution < 1.29 is 33.7 Å². The van der Waals surface area contributed by atoms with E-state index in [0.717, 1.165) is 23.1 Å². The molecule has 11 nitrogen and oxygen atoms in total. The SMILES string of the molecule is COc1cc2c(c(OC)c1OC)-c1ccc(NCCCCCC(=O)N[C@@H](C)C(=O)O)c(=O)cc1[C@@H](NC(C)=O)CC2. The molecular weight excluding hydrogens is 530 g/mol. The van der Waals surface area contributed by atoms with Gasteiger partial charge in [0.15, 0.2) is 11.5 Å². The predicted molar refractivity (Wildman–Crippen MR) is 155 cm³/mol. The van der Waals surface area contributed by atoms with E-state index < -0.39 is 12.0 Å². The number of amides is 2. The number of ether oxygens (including phenoxy) is 3. The lowest BCUT2D eigenvalue weighted by Crippen LogP contribution is -2.38. The minimum Gasteiger partial charge on any atom is -0.493 e. The molecule has 0 unspecified atom stereocenters. The molecule has 3 rings (SSSR count). The molecule has 0 heterocycles. The second-order valence-electron chi connectivity index (χ2n) is 9.96. The van der Waals surface area contributed by atoms with E-state index in [1.807, 2.05) is 12.1 Å². The van der Waals surface area contributed by atoms with E-state index in [1.165, 1.54) is 21.0 Å². The van der Waals surface area contributed by atoms with Crippen LogP contribution in [0.1, 0.15) is 63.1 Å². The number of hydrogen-bond acceptors (Lipinski definition) is 8. The van der Waals surface area contributed by atoms with Gasteiger partial charge in [-0.05, 0) is 67.5 Å². The van der Waals surface area contributed by atoms with Crippen molar-refractivity contribution in [2.45, 2.75) is 64.5 Å². The summed E-state index contributed by atoms with van der Waals surface area (Å²) in [7, 11) is 4.65. The highest BCUT2D eigenvalue weighted by molar-refractivity contribution is 5.84. The first-order chi connectivity index (χ1) is 19.6. The number of unbranched alkanes of at least 4 members (excludes halogenated alkanes) is 2. The summed E-state index contributed by atoms with van der Waals surface area (Å²) in [6, 6.07) is 5.76. The van der Waals surface area contributed by atoms with Gasteiger partial charge in [-0.15, -0.1) is 0 Å². The van der Waals surface area contributed by atoms with Crippen molar-refractivity contribution >= 4 is 23.5 Å². The number of nitrogens with one attached hydrogen (secondary N) is 3. The molecule has 2 amide bonds. The number of carbonyl (C=O) groups excluding carboxylic acids is 2. The third-order valence-corrected chi connectivity index (χ3v) is 7.06. The van der Waals surface area contributed by atoms with Crippen LogP contribution >= 0.6 is 0 Å². The Morgan fingerprint density at radius 3 is 2.39 bits per heavy atom. The van der Waals surface area contributed by atoms with Gasteiger partial charge in [0.25, 0.3) is 0 Å². The van der Waals surface area contributed by atoms with Gasteiger partial charge in [-0.2, -0.15) is 0 Å². The zero-order valence-electron chi connectivity index (χ0n) is 24.2. The highest BCUT2D eigenvalue weighted by Crippen LogP contribution is 2.50. The number of aliphatic carboxylic acids is 1. The van der Waals surface area contributed by atoms with Crippen molar-refractivity contribution in [1.29, 1.82) is 0 Å². The highest BCUT2D eigenvalue weighted by atomic mass is 16.5. The fourth-order valence-electron chi connectivity index (χ4n) is 5.04. The molecule has 2 atom stereocenters. The molecule has 0 fully saturated rings. The van der Waals surface area contributed by atoms with Crippen molar-refractivity contribution in [1.82, 2.24) is 10.6 Å². The molecule has 2 aromatic rings. The second kappa shape index (κ2) is 14.4. The van der Waals surface area contributed by atoms with Crippen LogP contribution in [-0.4, -0.2) is 56.8 Å². The molecule has 222 valence electrons. The maximum Gasteiger partial charge on any atom is 0.325 e. The third kappa shape index (κ3) is 7.68. The third-order valence-electron chi connectivity index (χ3n) is 7.06. The Labute approximate surface area is 239 Å². The van der Waals surface area contributed by atoms with E-state index in [4.69, 9.17) is 19.3 Å². The van der Waals surface area contributed by atoms with E-state index in [0.29, 0.717) is 60.7 Å². The van der Waals surface area contributed by atoms with Crippen LogP contribution in [0.3, 0.4) is 0 Å². The molecule has 0 spiro atoms. The summed E-state index contributed by atoms with van der Waals surface area (Å²) in [6.45, 7) is 3.39. The molecule has 0 saturated heterocycles. The van der Waals surface area contributed by atoms with Gasteiger partial charge in [0.1, 0.15) is 6.04 Å². The van der Waals surface area contributed by atoms with Gasteiger partial charge < -0.3 is 35.3 Å². The number of anilines is 1. The molecule has 0 bridgehead atoms. The first-order valence-corrected chi connectivity index (χ1v) is 13.6. The van der Waals surface area contributed by atoms with Crippen LogP contribution in [0.5, 0.6) is 17.2 Å². The van der Waals surface area contributed by atoms with Crippen molar-refractivity contribution in [2.24, 2.45) is 0 Å². The van der Waals surface area contributed by atoms with Gasteiger partial charge in [0, 0.05) is 25.5 Å². The van der Waals surface area contributed by atoms with Gasteiger partial charge in [0.05, 0.1) is 33.1 Å². The van der Waals surface area contributed by atoms with E-state index in [1.54, 1.807) is 26.4 Å². The van der Waals surface area contributed by atoms with Crippen LogP contribution in [0.25, 0.3) is 11.1 Å². The average Bonchev–Trinajstić information content (AvgIpc) is 3.17. The highest BCUT2D eigenvalue weighted by Gasteiger charge is 2.29. The van der Waals surface area contributed by atoms with E-state index in [2.05, 4.69) is 16.0 Å². The molecule has 0 saturated carbocycles. The number of hydrogen-bond donors (Lipinski definition) is 4. The lowest BCUT2D eigenvalue weighted by atomic mass is 9.95. The second-order valence-corrected chi connectivity index (χ2v) is 9.96. The monoisotopic (exact) mass is 569 g/mol. The van der Waals surface area contributed by atoms with Gasteiger partial charge in [0.2, 0.25) is 23.0 Å². The lowest BCUT2D eigenvalue weighted by molar-refractivity contribution is -0.141. The van der Waals surface area contributed by atoms with Crippen LogP contribution in [0.4, 0.5) is 5.69 Å². The summed E-state index contributed by atoms with van der Waals surface area (Å²) in [4.78, 5) is 48.2. The van der Waals surface area contributed by atoms with Crippen LogP contribution < -0.4 is 35.6 Å². The number of fused-ring (bicyclic) bond motifs is 3. The summed E-state index contributed by atoms with van der Waals surface area (Å²) in [5, 5.41) is 17.5. The molecular formula is C30H39N3O8. The summed E-state index contributed by atoms with van der Waals surface area (Å²) >= 11 is 0. The maximum absolute atomic E-state index is 13.3. The molecule has 2 aromatic carbocycles. The number of rotatable bonds is 13. The topological polar surface area (TPSA) is 152 Å². The van der Waals surface area contributed by atoms with Crippen molar-refractivity contribution in [3.63, 3.8) is 0 Å². The molecule has 0 radical (unpaired) electrons. The summed E-state index contributed by atoms with van der Waals surface area (Å²) in [5.74, 6) is -0.114. The van der Waals surface area contributed by atoms with Crippen LogP contribution in [-0.2, 0) is 20.8 Å². The van der Waals surface area contributed by atoms with E-state index in [-0.39, 0.29) is 29.7 Å². The lowest BCUT2D eigenvalue weighted by Gasteiger charge is -2.19. The van der Waals surface area contributed by atoms with E-state index in [9.17, 15) is 19.2 Å². The molecule has 4 N–H and O–H groups in total. The van der Waals surface area contributed by atoms with Crippen molar-refractivity contribution in [2.75, 3.05) is 33.2 Å². The average molecular weight is 570 g/mol. The quantitative estimate of drug-likeness (QED) is 0.266. The number of benzene rings is 1. The summed E-state index contributed by atoms with van der Waals surface area (Å²) in [5.41, 5.74) is 3.36. The zero-order valence-corrected chi connectivity index (χ0v) is 24.2. The Morgan fingerprint density at radius 1 is 1.02 bits per heavy atom. The van der Waals surface area contributed by atoms with Crippen LogP contribution in [0.15, 0.2) is 29.1 Å². The van der Waals surface area contributed by atoms with Crippen LogP contribution in [0.2, 0.25) is 0 Å². The molecule has 0 aliphatic heterocycles. The van der Waals surface area contributed by atoms with Gasteiger partial charge in [-0.3, -0.25) is 19.2 Å². The summed E-state index contributed by atoms with van der Waals surface area (Å²) in [6.07, 6.45) is 3.45. The molecule has 11 heteroatoms. The van der Waals surface area contributed by atoms with Crippen molar-refractivity contribution in [3.05, 3.63) is 45.6 Å². The van der Waals surface area contributed by atoms with Gasteiger partial charge in [-0.1, -0.05) is 12.5 Å². The predicted octanol–water partition coefficient (Wildman–Crippen LogP) is 3.42. The number of methoxy groups -OCH3 is 3. The molecule has 1 aliphatic rings. The number of carboxylic acids is 1. The Bertz CT molecular complexity index is 1340. The number of aryl methyl sites for hydroxylation is 1. The smallest absolute Gasteiger partial charge is 0.325 e. The van der Waals surface area contributed by atoms with Crippen LogP contribution in [0, 0.1) is 0 Å². The molecule has 1 aliphatic carbocycles. The Hall–Kier alpha value is -4.28. The standard InChI is InChI=1S/C30H39N3O8/c1-17(30(37)38)32-26(36)9-7-6-8-14-31-23-13-11-20-21(16-24(23)35)22(33-18(2)34)12-10-19-15-25(39-3)28(40-4)29(41-5)27(19)20/h11,13,15-17,22H,6-10,12,14H2,1-5H3,(H,31,35)(H,32,36)(H,33,34)(H,37,38)/t17-,22-/m0/s1. The number of carbonyl (C=O) groups is 3. The fourth-order valence-corrected chi connectivity index (χ4v) is 5.04. The first-order valence-electron chi connectivity index (χ1n) is 13.6. The first kappa shape index (κ1) is 31.3. The van der Waals surface area contributed by atoms with E-state index >= 15 is 0 Å². The minimum atomic E-state index is -1.08. The Morgan fingerprint density at radius 2 is 1.76 bits per heavy atom. The largest absolute Gasteiger partial charge is 0.493 e. The molecule has 0 aromatic heterocycles. The normalized spacial score (nSPS) is 14.4. The minimum absolute atomic E-state index is 0.197. The van der Waals surface area contributed by atoms with Gasteiger partial charge in [-0.25, -0.2) is 0 Å². The Balaban J connectivity index is 1.86. The number of carboxylic acid groups (broad SMARTS) is 1. The van der Waals surface area contributed by atoms with Gasteiger partial charge >= 0.3 is 5.97 Å². The van der Waals surface area contributed by atoms with Crippen molar-refractivity contribution in [3.8, 4) is 28.4 Å². The molecule has 41 heavy (non-hydrogen) atoms. The zero-order chi connectivity index (χ0) is 30.1. The summed E-state index contributed by atoms with van der Waals surface area (Å²) < 4.78 is 17.0. The fraction of sp³-hybridized carbons (Fsp3) is 0.467. The maximum atomic E-state index is 13.3. The Kier molecular flexibility index (Phi) is 11.0.